The fraction of sp³-hybridized carbons (Fsp3) is 0.320. The molecule has 2 aromatic heterocycles. The summed E-state index contributed by atoms with van der Waals surface area (Å²) in [4.78, 5) is 32.9. The average Bonchev–Trinajstić information content (AvgIpc) is 3.14. The lowest BCUT2D eigenvalue weighted by Gasteiger charge is -2.30. The Hall–Kier alpha value is -3.61. The molecule has 0 fully saturated rings. The zero-order valence-corrected chi connectivity index (χ0v) is 18.9. The van der Waals surface area contributed by atoms with Crippen LogP contribution < -0.4 is 16.1 Å². The highest BCUT2D eigenvalue weighted by molar-refractivity contribution is 5.75. The van der Waals surface area contributed by atoms with Gasteiger partial charge in [0.2, 0.25) is 5.95 Å². The quantitative estimate of drug-likeness (QED) is 0.502. The van der Waals surface area contributed by atoms with Gasteiger partial charge >= 0.3 is 5.69 Å². The Balaban J connectivity index is 1.72. The third-order valence-electron chi connectivity index (χ3n) is 6.36. The molecule has 1 aliphatic heterocycles. The van der Waals surface area contributed by atoms with Crippen molar-refractivity contribution in [1.29, 1.82) is 0 Å². The van der Waals surface area contributed by atoms with E-state index in [0.717, 1.165) is 35.6 Å². The number of aryl methyl sites for hydroxylation is 3. The van der Waals surface area contributed by atoms with Gasteiger partial charge in [0.1, 0.15) is 0 Å². The predicted octanol–water partition coefficient (Wildman–Crippen LogP) is 2.66. The number of hydrogen-bond acceptors (Lipinski definition) is 4. The van der Waals surface area contributed by atoms with Crippen LogP contribution in [0.1, 0.15) is 27.8 Å². The molecular weight excluding hydrogens is 402 g/mol. The van der Waals surface area contributed by atoms with Gasteiger partial charge in [0, 0.05) is 27.2 Å². The number of hydrogen-bond donors (Lipinski definition) is 0. The van der Waals surface area contributed by atoms with Crippen LogP contribution in [0.4, 0.5) is 5.95 Å². The molecule has 0 radical (unpaired) electrons. The third-order valence-corrected chi connectivity index (χ3v) is 6.36. The monoisotopic (exact) mass is 429 g/mol. The zero-order chi connectivity index (χ0) is 22.6. The fourth-order valence-corrected chi connectivity index (χ4v) is 4.84. The first-order valence-electron chi connectivity index (χ1n) is 10.9. The molecule has 0 N–H and O–H groups in total. The second kappa shape index (κ2) is 7.51. The zero-order valence-electron chi connectivity index (χ0n) is 18.9. The van der Waals surface area contributed by atoms with Crippen molar-refractivity contribution < 1.29 is 0 Å². The summed E-state index contributed by atoms with van der Waals surface area (Å²) in [6.45, 7) is 6.20. The molecule has 0 atom stereocenters. The summed E-state index contributed by atoms with van der Waals surface area (Å²) >= 11 is 0. The Labute approximate surface area is 186 Å². The Bertz CT molecular complexity index is 1450. The lowest BCUT2D eigenvalue weighted by atomic mass is 10.0. The van der Waals surface area contributed by atoms with E-state index in [-0.39, 0.29) is 11.2 Å². The third kappa shape index (κ3) is 3.25. The minimum atomic E-state index is -0.367. The van der Waals surface area contributed by atoms with E-state index in [9.17, 15) is 9.59 Å². The van der Waals surface area contributed by atoms with E-state index in [0.29, 0.717) is 17.7 Å². The molecule has 0 saturated carbocycles. The van der Waals surface area contributed by atoms with Crippen LogP contribution in [0.3, 0.4) is 0 Å². The first kappa shape index (κ1) is 20.3. The highest BCUT2D eigenvalue weighted by Crippen LogP contribution is 2.27. The Morgan fingerprint density at radius 3 is 2.34 bits per heavy atom. The van der Waals surface area contributed by atoms with Crippen LogP contribution in [0.25, 0.3) is 11.2 Å². The van der Waals surface area contributed by atoms with E-state index in [1.807, 2.05) is 4.57 Å². The molecule has 2 aromatic carbocycles. The predicted molar refractivity (Wildman–Crippen MR) is 126 cm³/mol. The molecule has 4 aromatic rings. The summed E-state index contributed by atoms with van der Waals surface area (Å²) in [5, 5.41) is 0. The second-order valence-corrected chi connectivity index (χ2v) is 8.81. The highest BCUT2D eigenvalue weighted by atomic mass is 16.2. The molecule has 32 heavy (non-hydrogen) atoms. The number of imidazole rings is 1. The van der Waals surface area contributed by atoms with E-state index in [4.69, 9.17) is 4.98 Å². The Kier molecular flexibility index (Phi) is 4.77. The van der Waals surface area contributed by atoms with Crippen LogP contribution in [0, 0.1) is 13.8 Å². The van der Waals surface area contributed by atoms with Crippen LogP contribution in [-0.2, 0) is 33.6 Å². The summed E-state index contributed by atoms with van der Waals surface area (Å²) in [6, 6.07) is 14.9. The van der Waals surface area contributed by atoms with Gasteiger partial charge in [-0.05, 0) is 37.0 Å². The summed E-state index contributed by atoms with van der Waals surface area (Å²) in [6.07, 6.45) is 0.917. The molecule has 0 saturated heterocycles. The second-order valence-electron chi connectivity index (χ2n) is 8.81. The molecule has 164 valence electrons. The van der Waals surface area contributed by atoms with Gasteiger partial charge in [-0.25, -0.2) is 4.79 Å². The summed E-state index contributed by atoms with van der Waals surface area (Å²) in [5.74, 6) is 0.729. The first-order chi connectivity index (χ1) is 15.3. The minimum absolute atomic E-state index is 0.316. The maximum atomic E-state index is 13.2. The van der Waals surface area contributed by atoms with E-state index in [1.165, 1.54) is 33.9 Å². The molecule has 0 unspecified atom stereocenters. The molecule has 0 bridgehead atoms. The maximum Gasteiger partial charge on any atom is 0.332 e. The minimum Gasteiger partial charge on any atom is -0.337 e. The molecule has 7 nitrogen and oxygen atoms in total. The van der Waals surface area contributed by atoms with Crippen molar-refractivity contribution >= 4 is 17.1 Å². The van der Waals surface area contributed by atoms with Gasteiger partial charge in [-0.3, -0.25) is 18.5 Å². The molecule has 0 amide bonds. The van der Waals surface area contributed by atoms with Crippen LogP contribution in [-0.4, -0.2) is 25.2 Å². The van der Waals surface area contributed by atoms with E-state index in [2.05, 4.69) is 61.2 Å². The molecule has 7 heteroatoms. The first-order valence-corrected chi connectivity index (χ1v) is 10.9. The van der Waals surface area contributed by atoms with E-state index in [1.54, 1.807) is 7.05 Å². The van der Waals surface area contributed by atoms with Crippen LogP contribution >= 0.6 is 0 Å². The van der Waals surface area contributed by atoms with Gasteiger partial charge in [0.05, 0.1) is 6.54 Å². The van der Waals surface area contributed by atoms with Gasteiger partial charge < -0.3 is 4.90 Å². The van der Waals surface area contributed by atoms with Gasteiger partial charge in [-0.15, -0.1) is 0 Å². The molecule has 5 rings (SSSR count). The average molecular weight is 430 g/mol. The van der Waals surface area contributed by atoms with Crippen molar-refractivity contribution in [2.24, 2.45) is 14.1 Å². The van der Waals surface area contributed by atoms with Crippen molar-refractivity contribution in [2.75, 3.05) is 11.4 Å². The number of rotatable bonds is 3. The lowest BCUT2D eigenvalue weighted by Crippen LogP contribution is -2.37. The number of anilines is 1. The summed E-state index contributed by atoms with van der Waals surface area (Å²) in [5.41, 5.74) is 6.29. The standard InChI is InChI=1S/C25H27N5O2/c1-16-11-17(2)13-18(12-16)14-30-21-22(27(3)25(32)28(4)23(21)31)26-24(30)29-10-9-19-7-5-6-8-20(19)15-29/h5-8,11-13H,9-10,14-15H2,1-4H3. The SMILES string of the molecule is Cc1cc(C)cc(Cn2c(N3CCc4ccccc4C3)nc3c2c(=O)n(C)c(=O)n3C)c1. The van der Waals surface area contributed by atoms with Gasteiger partial charge in [0.25, 0.3) is 5.56 Å². The van der Waals surface area contributed by atoms with Gasteiger partial charge in [0.15, 0.2) is 11.2 Å². The van der Waals surface area contributed by atoms with Crippen molar-refractivity contribution in [3.63, 3.8) is 0 Å². The topological polar surface area (TPSA) is 65.1 Å². The normalized spacial score (nSPS) is 13.6. The largest absolute Gasteiger partial charge is 0.337 e. The molecule has 3 heterocycles. The number of fused-ring (bicyclic) bond motifs is 2. The highest BCUT2D eigenvalue weighted by Gasteiger charge is 2.25. The van der Waals surface area contributed by atoms with Gasteiger partial charge in [-0.2, -0.15) is 4.98 Å². The molecule has 1 aliphatic rings. The maximum absolute atomic E-state index is 13.2. The lowest BCUT2D eigenvalue weighted by molar-refractivity contribution is 0.674. The van der Waals surface area contributed by atoms with Crippen LogP contribution in [0.5, 0.6) is 0 Å². The molecule has 0 spiro atoms. The van der Waals surface area contributed by atoms with Gasteiger partial charge in [-0.1, -0.05) is 53.6 Å². The molecular formula is C25H27N5O2. The van der Waals surface area contributed by atoms with Crippen LogP contribution in [0.2, 0.25) is 0 Å². The number of aromatic nitrogens is 4. The number of nitrogens with zero attached hydrogens (tertiary/aromatic N) is 5. The summed E-state index contributed by atoms with van der Waals surface area (Å²) < 4.78 is 4.62. The van der Waals surface area contributed by atoms with Crippen molar-refractivity contribution in [2.45, 2.75) is 33.4 Å². The van der Waals surface area contributed by atoms with Crippen molar-refractivity contribution in [3.05, 3.63) is 91.1 Å². The van der Waals surface area contributed by atoms with Crippen LogP contribution in [0.15, 0.2) is 52.1 Å². The number of benzene rings is 2. The smallest absolute Gasteiger partial charge is 0.332 e. The van der Waals surface area contributed by atoms with Crippen molar-refractivity contribution in [3.8, 4) is 0 Å². The fourth-order valence-electron chi connectivity index (χ4n) is 4.84. The Morgan fingerprint density at radius 1 is 0.938 bits per heavy atom. The Morgan fingerprint density at radius 2 is 1.62 bits per heavy atom. The summed E-state index contributed by atoms with van der Waals surface area (Å²) in [7, 11) is 3.20. The molecule has 0 aliphatic carbocycles. The van der Waals surface area contributed by atoms with Crippen molar-refractivity contribution in [1.82, 2.24) is 18.7 Å². The van der Waals surface area contributed by atoms with E-state index >= 15 is 0 Å². The van der Waals surface area contributed by atoms with E-state index < -0.39 is 0 Å².